The summed E-state index contributed by atoms with van der Waals surface area (Å²) in [6.45, 7) is 6.85. The third-order valence-electron chi connectivity index (χ3n) is 3.74. The van der Waals surface area contributed by atoms with Gasteiger partial charge in [-0.05, 0) is 38.5 Å². The van der Waals surface area contributed by atoms with E-state index < -0.39 is 0 Å². The van der Waals surface area contributed by atoms with E-state index in [1.807, 2.05) is 13.8 Å². The molecule has 0 N–H and O–H groups in total. The van der Waals surface area contributed by atoms with Crippen LogP contribution in [0, 0.1) is 25.7 Å². The second kappa shape index (κ2) is 5.87. The van der Waals surface area contributed by atoms with Crippen LogP contribution in [-0.4, -0.2) is 16.6 Å². The Kier molecular flexibility index (Phi) is 4.44. The Balaban J connectivity index is 1.95. The molecule has 0 spiro atoms. The van der Waals surface area contributed by atoms with Crippen LogP contribution < -0.4 is 4.74 Å². The lowest BCUT2D eigenvalue weighted by molar-refractivity contribution is 0.177. The van der Waals surface area contributed by atoms with Crippen LogP contribution in [-0.2, 0) is 0 Å². The monoisotopic (exact) mass is 268 g/mol. The number of halogens is 1. The molecule has 1 aliphatic carbocycles. The normalized spacial score (nSPS) is 24.0. The van der Waals surface area contributed by atoms with Gasteiger partial charge in [-0.25, -0.2) is 9.97 Å². The lowest BCUT2D eigenvalue weighted by Crippen LogP contribution is -2.20. The van der Waals surface area contributed by atoms with Gasteiger partial charge in [0.2, 0.25) is 0 Å². The zero-order valence-corrected chi connectivity index (χ0v) is 12.1. The second-order valence-corrected chi connectivity index (χ2v) is 5.80. The molecule has 18 heavy (non-hydrogen) atoms. The maximum absolute atomic E-state index is 6.05. The molecule has 2 rings (SSSR count). The van der Waals surface area contributed by atoms with Crippen molar-refractivity contribution < 1.29 is 4.74 Å². The summed E-state index contributed by atoms with van der Waals surface area (Å²) in [7, 11) is 0. The summed E-state index contributed by atoms with van der Waals surface area (Å²) in [6.07, 6.45) is 5.15. The Morgan fingerprint density at radius 3 is 2.67 bits per heavy atom. The van der Waals surface area contributed by atoms with Gasteiger partial charge in [0.1, 0.15) is 0 Å². The van der Waals surface area contributed by atoms with Gasteiger partial charge in [0.25, 0.3) is 5.88 Å². The van der Waals surface area contributed by atoms with Gasteiger partial charge in [-0.3, -0.25) is 0 Å². The Morgan fingerprint density at radius 1 is 1.22 bits per heavy atom. The van der Waals surface area contributed by atoms with E-state index in [0.717, 1.165) is 17.3 Å². The highest BCUT2D eigenvalue weighted by atomic mass is 35.5. The SMILES string of the molecule is Cc1nc(Cl)c(OCC2CCCC(C)C2)nc1C. The molecule has 1 fully saturated rings. The van der Waals surface area contributed by atoms with Crippen LogP contribution in [0.5, 0.6) is 5.88 Å². The highest BCUT2D eigenvalue weighted by Crippen LogP contribution is 2.29. The number of aromatic nitrogens is 2. The lowest BCUT2D eigenvalue weighted by atomic mass is 9.83. The summed E-state index contributed by atoms with van der Waals surface area (Å²) in [5.41, 5.74) is 1.74. The molecule has 2 atom stereocenters. The molecule has 1 aromatic rings. The van der Waals surface area contributed by atoms with Crippen molar-refractivity contribution in [2.45, 2.75) is 46.5 Å². The zero-order chi connectivity index (χ0) is 13.1. The van der Waals surface area contributed by atoms with Crippen LogP contribution in [0.3, 0.4) is 0 Å². The predicted molar refractivity (Wildman–Crippen MR) is 73.1 cm³/mol. The van der Waals surface area contributed by atoms with Gasteiger partial charge in [0.15, 0.2) is 5.15 Å². The second-order valence-electron chi connectivity index (χ2n) is 5.44. The number of aryl methyl sites for hydroxylation is 2. The highest BCUT2D eigenvalue weighted by molar-refractivity contribution is 6.30. The standard InChI is InChI=1S/C14H21ClN2O/c1-9-5-4-6-12(7-9)8-18-14-13(15)16-10(2)11(3)17-14/h9,12H,4-8H2,1-3H3. The average molecular weight is 269 g/mol. The van der Waals surface area contributed by atoms with Crippen LogP contribution in [0.15, 0.2) is 0 Å². The number of rotatable bonds is 3. The van der Waals surface area contributed by atoms with E-state index in [1.54, 1.807) is 0 Å². The van der Waals surface area contributed by atoms with Crippen molar-refractivity contribution >= 4 is 11.6 Å². The number of hydrogen-bond donors (Lipinski definition) is 0. The molecule has 1 aromatic heterocycles. The van der Waals surface area contributed by atoms with Crippen molar-refractivity contribution in [1.82, 2.24) is 9.97 Å². The number of nitrogens with zero attached hydrogens (tertiary/aromatic N) is 2. The Labute approximate surface area is 114 Å². The van der Waals surface area contributed by atoms with Gasteiger partial charge in [0, 0.05) is 0 Å². The molecular formula is C14H21ClN2O. The zero-order valence-electron chi connectivity index (χ0n) is 11.4. The summed E-state index contributed by atoms with van der Waals surface area (Å²) in [5, 5.41) is 0.377. The molecule has 0 amide bonds. The first-order chi connectivity index (χ1) is 8.56. The number of hydrogen-bond acceptors (Lipinski definition) is 3. The molecule has 1 saturated carbocycles. The van der Waals surface area contributed by atoms with Crippen molar-refractivity contribution in [3.63, 3.8) is 0 Å². The van der Waals surface area contributed by atoms with E-state index in [-0.39, 0.29) is 0 Å². The van der Waals surface area contributed by atoms with Crippen molar-refractivity contribution in [1.29, 1.82) is 0 Å². The van der Waals surface area contributed by atoms with Crippen molar-refractivity contribution in [3.8, 4) is 5.88 Å². The molecule has 0 radical (unpaired) electrons. The first-order valence-electron chi connectivity index (χ1n) is 6.69. The number of ether oxygens (including phenoxy) is 1. The first kappa shape index (κ1) is 13.6. The Bertz CT molecular complexity index is 423. The van der Waals surface area contributed by atoms with E-state index in [0.29, 0.717) is 23.6 Å². The molecule has 100 valence electrons. The molecule has 2 unspecified atom stereocenters. The average Bonchev–Trinajstić information content (AvgIpc) is 2.32. The van der Waals surface area contributed by atoms with E-state index in [1.165, 1.54) is 25.7 Å². The summed E-state index contributed by atoms with van der Waals surface area (Å²) in [4.78, 5) is 8.59. The van der Waals surface area contributed by atoms with Crippen LogP contribution in [0.25, 0.3) is 0 Å². The minimum atomic E-state index is 0.377. The van der Waals surface area contributed by atoms with Crippen LogP contribution >= 0.6 is 11.6 Å². The maximum atomic E-state index is 6.05. The Hall–Kier alpha value is -0.830. The van der Waals surface area contributed by atoms with Gasteiger partial charge in [-0.15, -0.1) is 0 Å². The molecule has 0 aromatic carbocycles. The third-order valence-corrected chi connectivity index (χ3v) is 3.98. The van der Waals surface area contributed by atoms with Gasteiger partial charge in [-0.1, -0.05) is 31.4 Å². The smallest absolute Gasteiger partial charge is 0.252 e. The van der Waals surface area contributed by atoms with E-state index >= 15 is 0 Å². The molecule has 1 aliphatic rings. The Morgan fingerprint density at radius 2 is 1.94 bits per heavy atom. The van der Waals surface area contributed by atoms with Gasteiger partial charge in [0.05, 0.1) is 18.0 Å². The molecular weight excluding hydrogens is 248 g/mol. The quantitative estimate of drug-likeness (QED) is 0.833. The van der Waals surface area contributed by atoms with Crippen LogP contribution in [0.2, 0.25) is 5.15 Å². The van der Waals surface area contributed by atoms with Gasteiger partial charge < -0.3 is 4.74 Å². The van der Waals surface area contributed by atoms with E-state index in [9.17, 15) is 0 Å². The molecule has 0 bridgehead atoms. The van der Waals surface area contributed by atoms with Gasteiger partial charge in [-0.2, -0.15) is 0 Å². The first-order valence-corrected chi connectivity index (χ1v) is 7.07. The van der Waals surface area contributed by atoms with Crippen molar-refractivity contribution in [2.24, 2.45) is 11.8 Å². The molecule has 4 heteroatoms. The third kappa shape index (κ3) is 3.35. The summed E-state index contributed by atoms with van der Waals surface area (Å²) >= 11 is 6.05. The van der Waals surface area contributed by atoms with Gasteiger partial charge >= 0.3 is 0 Å². The maximum Gasteiger partial charge on any atom is 0.252 e. The fraction of sp³-hybridized carbons (Fsp3) is 0.714. The molecule has 1 heterocycles. The molecule has 0 aliphatic heterocycles. The minimum absolute atomic E-state index is 0.377. The van der Waals surface area contributed by atoms with Crippen LogP contribution in [0.1, 0.15) is 44.0 Å². The summed E-state index contributed by atoms with van der Waals surface area (Å²) < 4.78 is 5.75. The lowest BCUT2D eigenvalue weighted by Gasteiger charge is -2.26. The minimum Gasteiger partial charge on any atom is -0.475 e. The van der Waals surface area contributed by atoms with Crippen LogP contribution in [0.4, 0.5) is 0 Å². The largest absolute Gasteiger partial charge is 0.475 e. The molecule has 3 nitrogen and oxygen atoms in total. The predicted octanol–water partition coefficient (Wildman–Crippen LogP) is 3.95. The fourth-order valence-electron chi connectivity index (χ4n) is 2.56. The summed E-state index contributed by atoms with van der Waals surface area (Å²) in [6, 6.07) is 0. The van der Waals surface area contributed by atoms with E-state index in [2.05, 4.69) is 16.9 Å². The van der Waals surface area contributed by atoms with E-state index in [4.69, 9.17) is 16.3 Å². The highest BCUT2D eigenvalue weighted by Gasteiger charge is 2.20. The molecule has 0 saturated heterocycles. The van der Waals surface area contributed by atoms with Crippen molar-refractivity contribution in [3.05, 3.63) is 16.5 Å². The van der Waals surface area contributed by atoms with Crippen molar-refractivity contribution in [2.75, 3.05) is 6.61 Å². The topological polar surface area (TPSA) is 35.0 Å². The fourth-order valence-corrected chi connectivity index (χ4v) is 2.78. The summed E-state index contributed by atoms with van der Waals surface area (Å²) in [5.74, 6) is 1.93.